The molecule has 0 saturated carbocycles. The maximum Gasteiger partial charge on any atom is 0.167 e. The highest BCUT2D eigenvalue weighted by molar-refractivity contribution is 9.10. The Bertz CT molecular complexity index is 623. The number of halogens is 4. The molecular formula is C14H8BrF3O. The third kappa shape index (κ3) is 3.04. The average Bonchev–Trinajstić information content (AvgIpc) is 2.40. The summed E-state index contributed by atoms with van der Waals surface area (Å²) in [6.45, 7) is 0. The lowest BCUT2D eigenvalue weighted by Crippen LogP contribution is -2.07. The molecule has 0 aliphatic carbocycles. The van der Waals surface area contributed by atoms with Gasteiger partial charge in [-0.15, -0.1) is 0 Å². The van der Waals surface area contributed by atoms with Crippen LogP contribution in [0.25, 0.3) is 0 Å². The predicted octanol–water partition coefficient (Wildman–Crippen LogP) is 4.29. The second kappa shape index (κ2) is 5.57. The number of hydrogen-bond acceptors (Lipinski definition) is 1. The molecule has 0 aliphatic rings. The first-order chi connectivity index (χ1) is 8.99. The van der Waals surface area contributed by atoms with Crippen LogP contribution in [0, 0.1) is 17.5 Å². The van der Waals surface area contributed by atoms with Gasteiger partial charge in [0.05, 0.1) is 4.47 Å². The first-order valence-electron chi connectivity index (χ1n) is 5.40. The van der Waals surface area contributed by atoms with Gasteiger partial charge in [-0.1, -0.05) is 0 Å². The van der Waals surface area contributed by atoms with Crippen LogP contribution in [0.3, 0.4) is 0 Å². The van der Waals surface area contributed by atoms with Crippen molar-refractivity contribution in [2.75, 3.05) is 0 Å². The van der Waals surface area contributed by atoms with Crippen molar-refractivity contribution in [1.82, 2.24) is 0 Å². The van der Waals surface area contributed by atoms with Crippen LogP contribution in [0.4, 0.5) is 13.2 Å². The molecule has 98 valence electrons. The number of rotatable bonds is 3. The van der Waals surface area contributed by atoms with E-state index in [1.54, 1.807) is 0 Å². The van der Waals surface area contributed by atoms with Crippen LogP contribution >= 0.6 is 15.9 Å². The van der Waals surface area contributed by atoms with Crippen molar-refractivity contribution in [3.05, 3.63) is 69.4 Å². The van der Waals surface area contributed by atoms with E-state index >= 15 is 0 Å². The summed E-state index contributed by atoms with van der Waals surface area (Å²) in [7, 11) is 0. The monoisotopic (exact) mass is 328 g/mol. The summed E-state index contributed by atoms with van der Waals surface area (Å²) in [5.41, 5.74) is -0.0936. The molecule has 0 radical (unpaired) electrons. The lowest BCUT2D eigenvalue weighted by atomic mass is 10.0. The fourth-order valence-electron chi connectivity index (χ4n) is 1.63. The third-order valence-corrected chi connectivity index (χ3v) is 3.25. The zero-order valence-corrected chi connectivity index (χ0v) is 11.2. The largest absolute Gasteiger partial charge is 0.294 e. The zero-order chi connectivity index (χ0) is 14.0. The molecule has 0 saturated heterocycles. The molecule has 0 aliphatic heterocycles. The molecule has 0 atom stereocenters. The molecule has 0 N–H and O–H groups in total. The first-order valence-corrected chi connectivity index (χ1v) is 6.19. The van der Waals surface area contributed by atoms with E-state index in [0.29, 0.717) is 0 Å². The normalized spacial score (nSPS) is 10.5. The number of benzene rings is 2. The van der Waals surface area contributed by atoms with Crippen LogP contribution in [0.15, 0.2) is 40.9 Å². The molecule has 2 aromatic carbocycles. The topological polar surface area (TPSA) is 17.1 Å². The molecule has 0 unspecified atom stereocenters. The molecular weight excluding hydrogens is 321 g/mol. The van der Waals surface area contributed by atoms with Crippen molar-refractivity contribution < 1.29 is 18.0 Å². The summed E-state index contributed by atoms with van der Waals surface area (Å²) in [5.74, 6) is -2.53. The van der Waals surface area contributed by atoms with Gasteiger partial charge in [0.25, 0.3) is 0 Å². The van der Waals surface area contributed by atoms with Crippen molar-refractivity contribution in [3.63, 3.8) is 0 Å². The smallest absolute Gasteiger partial charge is 0.167 e. The summed E-state index contributed by atoms with van der Waals surface area (Å²) >= 11 is 2.93. The Morgan fingerprint density at radius 1 is 1.00 bits per heavy atom. The summed E-state index contributed by atoms with van der Waals surface area (Å²) in [6, 6.07) is 7.13. The van der Waals surface area contributed by atoms with Crippen LogP contribution < -0.4 is 0 Å². The van der Waals surface area contributed by atoms with Gasteiger partial charge in [0.15, 0.2) is 5.78 Å². The highest BCUT2D eigenvalue weighted by Gasteiger charge is 2.16. The van der Waals surface area contributed by atoms with Gasteiger partial charge in [-0.05, 0) is 52.3 Å². The van der Waals surface area contributed by atoms with Crippen molar-refractivity contribution in [3.8, 4) is 0 Å². The van der Waals surface area contributed by atoms with E-state index in [4.69, 9.17) is 0 Å². The molecule has 0 spiro atoms. The van der Waals surface area contributed by atoms with Crippen LogP contribution in [-0.2, 0) is 6.42 Å². The molecule has 0 amide bonds. The molecule has 0 heterocycles. The quantitative estimate of drug-likeness (QED) is 0.606. The van der Waals surface area contributed by atoms with E-state index in [-0.39, 0.29) is 15.6 Å². The van der Waals surface area contributed by atoms with Crippen LogP contribution in [0.5, 0.6) is 0 Å². The van der Waals surface area contributed by atoms with Gasteiger partial charge in [-0.3, -0.25) is 4.79 Å². The summed E-state index contributed by atoms with van der Waals surface area (Å²) in [4.78, 5) is 11.9. The third-order valence-electron chi connectivity index (χ3n) is 2.64. The van der Waals surface area contributed by atoms with Gasteiger partial charge < -0.3 is 0 Å². The van der Waals surface area contributed by atoms with E-state index in [1.165, 1.54) is 18.2 Å². The number of carbonyl (C=O) groups excluding carboxylic acids is 1. The molecule has 5 heteroatoms. The predicted molar refractivity (Wildman–Crippen MR) is 68.5 cm³/mol. The minimum atomic E-state index is -0.796. The molecule has 2 rings (SSSR count). The molecule has 2 aromatic rings. The number of ketones is 1. The summed E-state index contributed by atoms with van der Waals surface area (Å²) in [5, 5.41) is 0. The van der Waals surface area contributed by atoms with Crippen LogP contribution in [0.2, 0.25) is 0 Å². The Hall–Kier alpha value is -1.62. The highest BCUT2D eigenvalue weighted by atomic mass is 79.9. The maximum atomic E-state index is 13.7. The van der Waals surface area contributed by atoms with Gasteiger partial charge in [0, 0.05) is 17.5 Å². The fourth-order valence-corrected chi connectivity index (χ4v) is 2.00. The van der Waals surface area contributed by atoms with E-state index in [2.05, 4.69) is 15.9 Å². The maximum absolute atomic E-state index is 13.7. The average molecular weight is 329 g/mol. The van der Waals surface area contributed by atoms with Gasteiger partial charge >= 0.3 is 0 Å². The minimum absolute atomic E-state index is 0.0933. The molecule has 0 bridgehead atoms. The summed E-state index contributed by atoms with van der Waals surface area (Å²) in [6.07, 6.45) is -0.414. The lowest BCUT2D eigenvalue weighted by molar-refractivity contribution is 0.0990. The lowest BCUT2D eigenvalue weighted by Gasteiger charge is -2.06. The van der Waals surface area contributed by atoms with Crippen molar-refractivity contribution >= 4 is 21.7 Å². The number of carbonyl (C=O) groups is 1. The van der Waals surface area contributed by atoms with Crippen molar-refractivity contribution in [1.29, 1.82) is 0 Å². The fraction of sp³-hybridized carbons (Fsp3) is 0.0714. The standard InChI is InChI=1S/C14H8BrF3O/c15-11-5-6-12(17)10(14(11)18)7-13(19)8-1-3-9(16)4-2-8/h1-6H,7H2. The highest BCUT2D eigenvalue weighted by Crippen LogP contribution is 2.23. The Kier molecular flexibility index (Phi) is 4.04. The van der Waals surface area contributed by atoms with Gasteiger partial charge in [0.1, 0.15) is 17.5 Å². The van der Waals surface area contributed by atoms with Crippen LogP contribution in [-0.4, -0.2) is 5.78 Å². The Morgan fingerprint density at radius 2 is 1.63 bits per heavy atom. The number of hydrogen-bond donors (Lipinski definition) is 0. The SMILES string of the molecule is O=C(Cc1c(F)ccc(Br)c1F)c1ccc(F)cc1. The van der Waals surface area contributed by atoms with Gasteiger partial charge in [-0.2, -0.15) is 0 Å². The number of Topliss-reactive ketones (excluding diaryl/α,β-unsaturated/α-hetero) is 1. The van der Waals surface area contributed by atoms with E-state index in [9.17, 15) is 18.0 Å². The minimum Gasteiger partial charge on any atom is -0.294 e. The van der Waals surface area contributed by atoms with E-state index in [1.807, 2.05) is 0 Å². The molecule has 0 fully saturated rings. The first kappa shape index (κ1) is 13.8. The van der Waals surface area contributed by atoms with E-state index in [0.717, 1.165) is 18.2 Å². The van der Waals surface area contributed by atoms with Gasteiger partial charge in [0.2, 0.25) is 0 Å². The van der Waals surface area contributed by atoms with Gasteiger partial charge in [-0.25, -0.2) is 13.2 Å². The van der Waals surface area contributed by atoms with Crippen molar-refractivity contribution in [2.45, 2.75) is 6.42 Å². The summed E-state index contributed by atoms with van der Waals surface area (Å²) < 4.78 is 40.0. The Balaban J connectivity index is 2.29. The Morgan fingerprint density at radius 3 is 2.26 bits per heavy atom. The van der Waals surface area contributed by atoms with E-state index < -0.39 is 29.7 Å². The molecule has 1 nitrogen and oxygen atoms in total. The molecule has 19 heavy (non-hydrogen) atoms. The van der Waals surface area contributed by atoms with Crippen LogP contribution in [0.1, 0.15) is 15.9 Å². The zero-order valence-electron chi connectivity index (χ0n) is 9.59. The second-order valence-corrected chi connectivity index (χ2v) is 4.78. The second-order valence-electron chi connectivity index (χ2n) is 3.93. The molecule has 0 aromatic heterocycles. The Labute approximate surface area is 116 Å². The van der Waals surface area contributed by atoms with Crippen molar-refractivity contribution in [2.24, 2.45) is 0 Å².